The van der Waals surface area contributed by atoms with Crippen LogP contribution in [-0.2, 0) is 12.3 Å². The van der Waals surface area contributed by atoms with Crippen molar-refractivity contribution in [2.75, 3.05) is 0 Å². The summed E-state index contributed by atoms with van der Waals surface area (Å²) in [6.07, 6.45) is 3.83. The molecular formula is C18H18N6S2. The number of aryl methyl sites for hydroxylation is 1. The van der Waals surface area contributed by atoms with Crippen molar-refractivity contribution in [1.82, 2.24) is 30.2 Å². The lowest BCUT2D eigenvalue weighted by Crippen LogP contribution is -2.05. The van der Waals surface area contributed by atoms with Crippen LogP contribution in [0.1, 0.15) is 25.6 Å². The number of fused-ring (bicyclic) bond motifs is 1. The zero-order chi connectivity index (χ0) is 17.8. The van der Waals surface area contributed by atoms with Crippen molar-refractivity contribution in [3.05, 3.63) is 47.9 Å². The van der Waals surface area contributed by atoms with E-state index in [0.29, 0.717) is 5.75 Å². The second-order valence-electron chi connectivity index (χ2n) is 5.83. The van der Waals surface area contributed by atoms with Gasteiger partial charge in [-0.15, -0.1) is 16.4 Å². The van der Waals surface area contributed by atoms with Crippen LogP contribution in [0.2, 0.25) is 0 Å². The first kappa shape index (κ1) is 17.1. The number of benzene rings is 1. The van der Waals surface area contributed by atoms with Crippen LogP contribution in [-0.4, -0.2) is 30.2 Å². The van der Waals surface area contributed by atoms with E-state index in [1.54, 1.807) is 29.4 Å². The number of hydrogen-bond donors (Lipinski definition) is 0. The number of tetrazole rings is 1. The first-order valence-electron chi connectivity index (χ1n) is 8.52. The number of aromatic nitrogens is 6. The maximum Gasteiger partial charge on any atom is 0.161 e. The molecule has 3 heterocycles. The Bertz CT molecular complexity index is 995. The van der Waals surface area contributed by atoms with Gasteiger partial charge in [-0.2, -0.15) is 0 Å². The maximum absolute atomic E-state index is 4.54. The minimum Gasteiger partial charge on any atom is -0.229 e. The topological polar surface area (TPSA) is 69.4 Å². The van der Waals surface area contributed by atoms with Crippen molar-refractivity contribution in [2.45, 2.75) is 37.1 Å². The predicted molar refractivity (Wildman–Crippen MR) is 105 cm³/mol. The quantitative estimate of drug-likeness (QED) is 0.348. The third kappa shape index (κ3) is 3.47. The van der Waals surface area contributed by atoms with Gasteiger partial charge < -0.3 is 0 Å². The molecule has 4 rings (SSSR count). The number of nitrogens with zero attached hydrogens (tertiary/aromatic N) is 6. The molecule has 132 valence electrons. The molecule has 0 bridgehead atoms. The average Bonchev–Trinajstić information content (AvgIpc) is 3.32. The molecule has 0 radical (unpaired) electrons. The lowest BCUT2D eigenvalue weighted by molar-refractivity contribution is 0.540. The van der Waals surface area contributed by atoms with Gasteiger partial charge in [0.2, 0.25) is 0 Å². The van der Waals surface area contributed by atoms with Gasteiger partial charge in [0, 0.05) is 17.5 Å². The summed E-state index contributed by atoms with van der Waals surface area (Å²) in [4.78, 5) is 9.98. The Hall–Kier alpha value is -2.32. The summed E-state index contributed by atoms with van der Waals surface area (Å²) in [7, 11) is 0. The molecule has 0 saturated heterocycles. The van der Waals surface area contributed by atoms with Gasteiger partial charge in [-0.25, -0.2) is 14.6 Å². The fourth-order valence-electron chi connectivity index (χ4n) is 2.73. The Labute approximate surface area is 159 Å². The standard InChI is InChI=1S/C18H18N6S2/c1-2-3-9-24-15(21-22-23-24)11-26-18-16-14(13-7-5-4-6-8-13)10-25-17(16)19-12-20-18/h4-8,10,12H,2-3,9,11H2,1H3. The molecule has 6 nitrogen and oxygen atoms in total. The van der Waals surface area contributed by atoms with Crippen LogP contribution in [0.5, 0.6) is 0 Å². The van der Waals surface area contributed by atoms with Crippen LogP contribution in [0.15, 0.2) is 47.1 Å². The monoisotopic (exact) mass is 382 g/mol. The molecule has 0 unspecified atom stereocenters. The molecule has 3 aromatic heterocycles. The van der Waals surface area contributed by atoms with E-state index in [4.69, 9.17) is 0 Å². The second-order valence-corrected chi connectivity index (χ2v) is 7.66. The Morgan fingerprint density at radius 2 is 2.04 bits per heavy atom. The highest BCUT2D eigenvalue weighted by atomic mass is 32.2. The summed E-state index contributed by atoms with van der Waals surface area (Å²) in [5.74, 6) is 1.57. The molecule has 1 aromatic carbocycles. The lowest BCUT2D eigenvalue weighted by atomic mass is 10.1. The van der Waals surface area contributed by atoms with Gasteiger partial charge in [-0.3, -0.25) is 0 Å². The summed E-state index contributed by atoms with van der Waals surface area (Å²) in [6.45, 7) is 3.02. The molecule has 0 spiro atoms. The van der Waals surface area contributed by atoms with Gasteiger partial charge in [0.15, 0.2) is 5.82 Å². The van der Waals surface area contributed by atoms with Crippen molar-refractivity contribution in [2.24, 2.45) is 0 Å². The van der Waals surface area contributed by atoms with Crippen molar-refractivity contribution in [1.29, 1.82) is 0 Å². The highest BCUT2D eigenvalue weighted by molar-refractivity contribution is 7.98. The van der Waals surface area contributed by atoms with Crippen LogP contribution in [0.25, 0.3) is 21.3 Å². The molecule has 0 fully saturated rings. The van der Waals surface area contributed by atoms with Gasteiger partial charge >= 0.3 is 0 Å². The van der Waals surface area contributed by atoms with E-state index in [-0.39, 0.29) is 0 Å². The fourth-order valence-corrected chi connectivity index (χ4v) is 4.65. The fraction of sp³-hybridized carbons (Fsp3) is 0.278. The first-order chi connectivity index (χ1) is 12.9. The number of unbranched alkanes of at least 4 members (excludes halogenated alkanes) is 1. The second kappa shape index (κ2) is 7.92. The molecule has 8 heteroatoms. The van der Waals surface area contributed by atoms with E-state index in [1.165, 1.54) is 11.1 Å². The molecule has 0 atom stereocenters. The normalized spacial score (nSPS) is 11.3. The highest BCUT2D eigenvalue weighted by Gasteiger charge is 2.15. The number of thioether (sulfide) groups is 1. The molecule has 26 heavy (non-hydrogen) atoms. The van der Waals surface area contributed by atoms with E-state index in [0.717, 1.165) is 40.5 Å². The maximum atomic E-state index is 4.54. The van der Waals surface area contributed by atoms with Crippen molar-refractivity contribution >= 4 is 33.3 Å². The van der Waals surface area contributed by atoms with Crippen LogP contribution < -0.4 is 0 Å². The van der Waals surface area contributed by atoms with Crippen LogP contribution in [0, 0.1) is 0 Å². The SMILES string of the molecule is CCCCn1nnnc1CSc1ncnc2scc(-c3ccccc3)c12. The summed E-state index contributed by atoms with van der Waals surface area (Å²) < 4.78 is 1.89. The van der Waals surface area contributed by atoms with E-state index >= 15 is 0 Å². The van der Waals surface area contributed by atoms with Crippen molar-refractivity contribution in [3.8, 4) is 11.1 Å². The minimum atomic E-state index is 0.687. The number of rotatable bonds is 7. The smallest absolute Gasteiger partial charge is 0.161 e. The lowest BCUT2D eigenvalue weighted by Gasteiger charge is -2.06. The summed E-state index contributed by atoms with van der Waals surface area (Å²) in [5, 5.41) is 16.3. The van der Waals surface area contributed by atoms with Gasteiger partial charge in [0.05, 0.1) is 11.1 Å². The van der Waals surface area contributed by atoms with E-state index < -0.39 is 0 Å². The molecule has 0 amide bonds. The third-order valence-corrected chi connectivity index (χ3v) is 5.96. The van der Waals surface area contributed by atoms with Crippen LogP contribution >= 0.6 is 23.1 Å². The highest BCUT2D eigenvalue weighted by Crippen LogP contribution is 2.38. The molecule has 0 aliphatic heterocycles. The Morgan fingerprint density at radius 1 is 1.15 bits per heavy atom. The average molecular weight is 383 g/mol. The van der Waals surface area contributed by atoms with E-state index in [2.05, 4.69) is 62.1 Å². The first-order valence-corrected chi connectivity index (χ1v) is 10.4. The summed E-state index contributed by atoms with van der Waals surface area (Å²) in [6, 6.07) is 10.4. The predicted octanol–water partition coefficient (Wildman–Crippen LogP) is 4.44. The zero-order valence-corrected chi connectivity index (χ0v) is 16.0. The van der Waals surface area contributed by atoms with Crippen LogP contribution in [0.3, 0.4) is 0 Å². The number of thiophene rings is 1. The number of hydrogen-bond acceptors (Lipinski definition) is 7. The molecule has 4 aromatic rings. The summed E-state index contributed by atoms with van der Waals surface area (Å²) >= 11 is 3.31. The minimum absolute atomic E-state index is 0.687. The Morgan fingerprint density at radius 3 is 2.88 bits per heavy atom. The van der Waals surface area contributed by atoms with E-state index in [9.17, 15) is 0 Å². The Balaban J connectivity index is 1.63. The van der Waals surface area contributed by atoms with Gasteiger partial charge in [0.25, 0.3) is 0 Å². The zero-order valence-electron chi connectivity index (χ0n) is 14.4. The van der Waals surface area contributed by atoms with E-state index in [1.807, 2.05) is 10.7 Å². The molecule has 0 saturated carbocycles. The third-order valence-electron chi connectivity index (χ3n) is 4.09. The van der Waals surface area contributed by atoms with Crippen LogP contribution in [0.4, 0.5) is 0 Å². The van der Waals surface area contributed by atoms with Gasteiger partial charge in [0.1, 0.15) is 16.2 Å². The van der Waals surface area contributed by atoms with Gasteiger partial charge in [-0.05, 0) is 22.4 Å². The van der Waals surface area contributed by atoms with Gasteiger partial charge in [-0.1, -0.05) is 55.4 Å². The molecule has 0 aliphatic carbocycles. The Kier molecular flexibility index (Phi) is 5.21. The molecular weight excluding hydrogens is 364 g/mol. The molecule has 0 aliphatic rings. The summed E-state index contributed by atoms with van der Waals surface area (Å²) in [5.41, 5.74) is 2.36. The largest absolute Gasteiger partial charge is 0.229 e. The van der Waals surface area contributed by atoms with Crippen molar-refractivity contribution in [3.63, 3.8) is 0 Å². The van der Waals surface area contributed by atoms with Crippen molar-refractivity contribution < 1.29 is 0 Å². The molecule has 0 N–H and O–H groups in total.